The molecule has 1 saturated heterocycles. The van der Waals surface area contributed by atoms with E-state index in [1.165, 1.54) is 11.8 Å². The van der Waals surface area contributed by atoms with E-state index in [4.69, 9.17) is 9.72 Å². The van der Waals surface area contributed by atoms with E-state index in [0.29, 0.717) is 24.7 Å². The van der Waals surface area contributed by atoms with Gasteiger partial charge in [-0.1, -0.05) is 36.0 Å². The molecule has 1 aromatic carbocycles. The molecule has 1 aliphatic heterocycles. The number of rotatable bonds is 4. The molecule has 7 heteroatoms. The van der Waals surface area contributed by atoms with Crippen LogP contribution in [0, 0.1) is 0 Å². The Bertz CT molecular complexity index is 936. The zero-order chi connectivity index (χ0) is 18.8. The fraction of sp³-hybridized carbons (Fsp3) is 0.350. The zero-order valence-electron chi connectivity index (χ0n) is 15.3. The summed E-state index contributed by atoms with van der Waals surface area (Å²) in [5.74, 6) is 1.21. The Morgan fingerprint density at radius 3 is 2.70 bits per heavy atom. The maximum absolute atomic E-state index is 12.7. The van der Waals surface area contributed by atoms with Gasteiger partial charge in [0, 0.05) is 18.5 Å². The minimum atomic E-state index is 0.0769. The van der Waals surface area contributed by atoms with E-state index >= 15 is 0 Å². The first-order chi connectivity index (χ1) is 13.1. The van der Waals surface area contributed by atoms with Gasteiger partial charge >= 0.3 is 0 Å². The molecule has 0 N–H and O–H groups in total. The number of amides is 1. The second kappa shape index (κ2) is 7.96. The van der Waals surface area contributed by atoms with Crippen LogP contribution in [0.4, 0.5) is 0 Å². The third kappa shape index (κ3) is 4.15. The van der Waals surface area contributed by atoms with Crippen LogP contribution in [0.25, 0.3) is 21.6 Å². The molecule has 0 radical (unpaired) electrons. The van der Waals surface area contributed by atoms with Crippen LogP contribution in [-0.2, 0) is 9.53 Å². The molecule has 5 nitrogen and oxygen atoms in total. The van der Waals surface area contributed by atoms with Crippen LogP contribution in [0.5, 0.6) is 0 Å². The summed E-state index contributed by atoms with van der Waals surface area (Å²) in [4.78, 5) is 25.1. The third-order valence-corrected chi connectivity index (χ3v) is 6.26. The van der Waals surface area contributed by atoms with Crippen molar-refractivity contribution in [3.05, 3.63) is 41.8 Å². The molecule has 2 unspecified atom stereocenters. The van der Waals surface area contributed by atoms with Crippen LogP contribution in [0.3, 0.4) is 0 Å². The van der Waals surface area contributed by atoms with Gasteiger partial charge in [0.25, 0.3) is 0 Å². The lowest BCUT2D eigenvalue weighted by Gasteiger charge is -2.35. The number of para-hydroxylation sites is 1. The molecule has 27 heavy (non-hydrogen) atoms. The number of morpholine rings is 1. The maximum atomic E-state index is 12.7. The number of nitrogens with zero attached hydrogens (tertiary/aromatic N) is 3. The van der Waals surface area contributed by atoms with E-state index in [9.17, 15) is 4.79 Å². The van der Waals surface area contributed by atoms with E-state index in [-0.39, 0.29) is 18.1 Å². The van der Waals surface area contributed by atoms with Crippen LogP contribution >= 0.6 is 23.1 Å². The Balaban J connectivity index is 1.57. The first-order valence-electron chi connectivity index (χ1n) is 8.97. The number of carbonyl (C=O) groups is 1. The SMILES string of the molecule is CC1CN(C(=O)CSc2nc(-c3cccs3)nc3ccccc23)CC(C)O1. The van der Waals surface area contributed by atoms with Crippen molar-refractivity contribution < 1.29 is 9.53 Å². The minimum absolute atomic E-state index is 0.0769. The Labute approximate surface area is 166 Å². The molecule has 3 heterocycles. The fourth-order valence-corrected chi connectivity index (χ4v) is 4.86. The standard InChI is InChI=1S/C20H21N3O2S2/c1-13-10-23(11-14(2)25-13)18(24)12-27-20-15-6-3-4-7-16(15)21-19(22-20)17-8-5-9-26-17/h3-9,13-14H,10-12H2,1-2H3. The molecule has 2 atom stereocenters. The Hall–Kier alpha value is -1.96. The zero-order valence-corrected chi connectivity index (χ0v) is 16.9. The summed E-state index contributed by atoms with van der Waals surface area (Å²) < 4.78 is 5.72. The molecule has 1 aliphatic rings. The van der Waals surface area contributed by atoms with Crippen molar-refractivity contribution in [1.29, 1.82) is 0 Å². The molecule has 0 saturated carbocycles. The van der Waals surface area contributed by atoms with E-state index in [1.807, 2.05) is 60.5 Å². The van der Waals surface area contributed by atoms with Gasteiger partial charge in [-0.25, -0.2) is 9.97 Å². The van der Waals surface area contributed by atoms with Crippen molar-refractivity contribution in [3.63, 3.8) is 0 Å². The van der Waals surface area contributed by atoms with Gasteiger partial charge in [-0.2, -0.15) is 0 Å². The highest BCUT2D eigenvalue weighted by atomic mass is 32.2. The second-order valence-electron chi connectivity index (χ2n) is 6.69. The summed E-state index contributed by atoms with van der Waals surface area (Å²) in [6.07, 6.45) is 0.154. The first kappa shape index (κ1) is 18.4. The van der Waals surface area contributed by atoms with Crippen molar-refractivity contribution in [2.24, 2.45) is 0 Å². The summed E-state index contributed by atoms with van der Waals surface area (Å²) >= 11 is 3.10. The number of thiophene rings is 1. The second-order valence-corrected chi connectivity index (χ2v) is 8.60. The van der Waals surface area contributed by atoms with Crippen molar-refractivity contribution in [3.8, 4) is 10.7 Å². The molecule has 3 aromatic rings. The smallest absolute Gasteiger partial charge is 0.233 e. The average Bonchev–Trinajstić information content (AvgIpc) is 3.19. The minimum Gasteiger partial charge on any atom is -0.372 e. The number of benzene rings is 1. The van der Waals surface area contributed by atoms with Gasteiger partial charge < -0.3 is 9.64 Å². The van der Waals surface area contributed by atoms with Gasteiger partial charge in [-0.3, -0.25) is 4.79 Å². The van der Waals surface area contributed by atoms with E-state index < -0.39 is 0 Å². The van der Waals surface area contributed by atoms with Crippen molar-refractivity contribution in [2.75, 3.05) is 18.8 Å². The fourth-order valence-electron chi connectivity index (χ4n) is 3.28. The van der Waals surface area contributed by atoms with E-state index in [1.54, 1.807) is 11.3 Å². The van der Waals surface area contributed by atoms with E-state index in [2.05, 4.69) is 4.98 Å². The molecule has 4 rings (SSSR count). The Morgan fingerprint density at radius 2 is 1.96 bits per heavy atom. The van der Waals surface area contributed by atoms with Crippen molar-refractivity contribution in [2.45, 2.75) is 31.1 Å². The molecule has 2 aromatic heterocycles. The lowest BCUT2D eigenvalue weighted by Crippen LogP contribution is -2.48. The Morgan fingerprint density at radius 1 is 1.19 bits per heavy atom. The van der Waals surface area contributed by atoms with Crippen LogP contribution in [0.1, 0.15) is 13.8 Å². The van der Waals surface area contributed by atoms with Crippen LogP contribution in [-0.4, -0.2) is 51.8 Å². The van der Waals surface area contributed by atoms with Crippen LogP contribution < -0.4 is 0 Å². The number of hydrogen-bond donors (Lipinski definition) is 0. The normalized spacial score (nSPS) is 20.1. The molecule has 1 fully saturated rings. The summed E-state index contributed by atoms with van der Waals surface area (Å²) in [7, 11) is 0. The molecule has 1 amide bonds. The predicted octanol–water partition coefficient (Wildman–Crippen LogP) is 4.09. The van der Waals surface area contributed by atoms with Gasteiger partial charge in [0.05, 0.1) is 28.4 Å². The molecule has 0 aliphatic carbocycles. The summed E-state index contributed by atoms with van der Waals surface area (Å²) in [5, 5.41) is 3.86. The number of hydrogen-bond acceptors (Lipinski definition) is 6. The van der Waals surface area contributed by atoms with E-state index in [0.717, 1.165) is 20.8 Å². The third-order valence-electron chi connectivity index (χ3n) is 4.41. The topological polar surface area (TPSA) is 55.3 Å². The Kier molecular flexibility index (Phi) is 5.43. The highest BCUT2D eigenvalue weighted by Gasteiger charge is 2.26. The summed E-state index contributed by atoms with van der Waals surface area (Å²) in [6.45, 7) is 5.31. The molecular weight excluding hydrogens is 378 g/mol. The molecule has 140 valence electrons. The van der Waals surface area contributed by atoms with Gasteiger partial charge in [-0.15, -0.1) is 11.3 Å². The molecule has 0 bridgehead atoms. The highest BCUT2D eigenvalue weighted by Crippen LogP contribution is 2.30. The number of fused-ring (bicyclic) bond motifs is 1. The summed E-state index contributed by atoms with van der Waals surface area (Å²) in [6, 6.07) is 12.0. The lowest BCUT2D eigenvalue weighted by molar-refractivity contribution is -0.140. The number of ether oxygens (including phenoxy) is 1. The summed E-state index contributed by atoms with van der Waals surface area (Å²) in [5.41, 5.74) is 0.902. The predicted molar refractivity (Wildman–Crippen MR) is 110 cm³/mol. The van der Waals surface area contributed by atoms with Gasteiger partial charge in [-0.05, 0) is 31.4 Å². The van der Waals surface area contributed by atoms with Crippen LogP contribution in [0.2, 0.25) is 0 Å². The van der Waals surface area contributed by atoms with Gasteiger partial charge in [0.1, 0.15) is 5.03 Å². The maximum Gasteiger partial charge on any atom is 0.233 e. The largest absolute Gasteiger partial charge is 0.372 e. The first-order valence-corrected chi connectivity index (χ1v) is 10.8. The number of carbonyl (C=O) groups excluding carboxylic acids is 1. The van der Waals surface area contributed by atoms with Crippen molar-refractivity contribution in [1.82, 2.24) is 14.9 Å². The molecular formula is C20H21N3O2S2. The van der Waals surface area contributed by atoms with Crippen molar-refractivity contribution >= 4 is 39.9 Å². The number of thioether (sulfide) groups is 1. The van der Waals surface area contributed by atoms with Gasteiger partial charge in [0.2, 0.25) is 5.91 Å². The van der Waals surface area contributed by atoms with Crippen LogP contribution in [0.15, 0.2) is 46.8 Å². The quantitative estimate of drug-likeness (QED) is 0.489. The highest BCUT2D eigenvalue weighted by molar-refractivity contribution is 8.00. The monoisotopic (exact) mass is 399 g/mol. The average molecular weight is 400 g/mol. The molecule has 0 spiro atoms. The van der Waals surface area contributed by atoms with Gasteiger partial charge in [0.15, 0.2) is 5.82 Å². The lowest BCUT2D eigenvalue weighted by atomic mass is 10.2. The number of aromatic nitrogens is 2.